The zero-order chi connectivity index (χ0) is 20.0. The molecule has 6 heteroatoms. The zero-order valence-electron chi connectivity index (χ0n) is 16.4. The smallest absolute Gasteiger partial charge is 0.258 e. The highest BCUT2D eigenvalue weighted by Crippen LogP contribution is 2.33. The molecular formula is C22H27FN2O3. The molecule has 0 radical (unpaired) electrons. The molecule has 0 atom stereocenters. The first-order valence-electron chi connectivity index (χ1n) is 9.49. The van der Waals surface area contributed by atoms with E-state index in [0.29, 0.717) is 37.7 Å². The number of rotatable bonds is 7. The van der Waals surface area contributed by atoms with E-state index >= 15 is 4.39 Å². The van der Waals surface area contributed by atoms with Gasteiger partial charge in [-0.1, -0.05) is 42.5 Å². The van der Waals surface area contributed by atoms with E-state index in [1.54, 1.807) is 14.2 Å². The molecule has 1 N–H and O–H groups in total. The lowest BCUT2D eigenvalue weighted by atomic mass is 9.92. The number of benzene rings is 2. The van der Waals surface area contributed by atoms with Crippen LogP contribution < -0.4 is 14.8 Å². The van der Waals surface area contributed by atoms with Crippen LogP contribution in [0.2, 0.25) is 0 Å². The Morgan fingerprint density at radius 2 is 1.79 bits per heavy atom. The number of nitrogens with one attached hydrogen (secondary N) is 1. The van der Waals surface area contributed by atoms with Crippen LogP contribution in [0.5, 0.6) is 11.5 Å². The van der Waals surface area contributed by atoms with Gasteiger partial charge in [-0.25, -0.2) is 4.39 Å². The van der Waals surface area contributed by atoms with E-state index in [2.05, 4.69) is 10.2 Å². The Kier molecular flexibility index (Phi) is 6.52. The van der Waals surface area contributed by atoms with E-state index in [0.717, 1.165) is 11.1 Å². The molecule has 1 amide bonds. The summed E-state index contributed by atoms with van der Waals surface area (Å²) in [6.45, 7) is 1.99. The van der Waals surface area contributed by atoms with Crippen LogP contribution in [0.4, 0.5) is 4.39 Å². The summed E-state index contributed by atoms with van der Waals surface area (Å²) in [7, 11) is 3.22. The van der Waals surface area contributed by atoms with Gasteiger partial charge in [-0.05, 0) is 11.6 Å². The third-order valence-corrected chi connectivity index (χ3v) is 5.23. The molecule has 0 unspecified atom stereocenters. The number of hydrogen-bond donors (Lipinski definition) is 1. The Morgan fingerprint density at radius 1 is 1.07 bits per heavy atom. The average molecular weight is 386 g/mol. The van der Waals surface area contributed by atoms with Crippen molar-refractivity contribution in [2.45, 2.75) is 31.6 Å². The SMILES string of the molecule is COc1cccc(CN2CCC(F)(C(=O)NCc3ccccc3)CC2)c1OC. The highest BCUT2D eigenvalue weighted by Gasteiger charge is 2.41. The zero-order valence-corrected chi connectivity index (χ0v) is 16.4. The van der Waals surface area contributed by atoms with Crippen LogP contribution in [0.15, 0.2) is 48.5 Å². The summed E-state index contributed by atoms with van der Waals surface area (Å²) in [5, 5.41) is 2.74. The summed E-state index contributed by atoms with van der Waals surface area (Å²) in [4.78, 5) is 14.5. The highest BCUT2D eigenvalue weighted by atomic mass is 19.1. The van der Waals surface area contributed by atoms with Crippen LogP contribution in [-0.4, -0.2) is 43.8 Å². The van der Waals surface area contributed by atoms with Crippen molar-refractivity contribution in [1.29, 1.82) is 0 Å². The van der Waals surface area contributed by atoms with E-state index < -0.39 is 11.6 Å². The van der Waals surface area contributed by atoms with E-state index in [4.69, 9.17) is 9.47 Å². The van der Waals surface area contributed by atoms with Crippen molar-refractivity contribution in [3.8, 4) is 11.5 Å². The monoisotopic (exact) mass is 386 g/mol. The van der Waals surface area contributed by atoms with E-state index in [1.165, 1.54) is 0 Å². The number of likely N-dealkylation sites (tertiary alicyclic amines) is 1. The molecule has 0 saturated carbocycles. The predicted octanol–water partition coefficient (Wildman–Crippen LogP) is 3.32. The molecule has 2 aromatic carbocycles. The summed E-state index contributed by atoms with van der Waals surface area (Å²) in [5.74, 6) is 0.856. The molecule has 1 saturated heterocycles. The lowest BCUT2D eigenvalue weighted by molar-refractivity contribution is -0.136. The maximum Gasteiger partial charge on any atom is 0.258 e. The molecule has 2 aromatic rings. The van der Waals surface area contributed by atoms with E-state index in [9.17, 15) is 4.79 Å². The largest absolute Gasteiger partial charge is 0.493 e. The molecule has 0 aromatic heterocycles. The van der Waals surface area contributed by atoms with Crippen molar-refractivity contribution in [3.63, 3.8) is 0 Å². The molecule has 5 nitrogen and oxygen atoms in total. The van der Waals surface area contributed by atoms with Gasteiger partial charge in [0, 0.05) is 44.6 Å². The van der Waals surface area contributed by atoms with E-state index in [-0.39, 0.29) is 12.8 Å². The Hall–Kier alpha value is -2.60. The minimum absolute atomic E-state index is 0.180. The van der Waals surface area contributed by atoms with Gasteiger partial charge < -0.3 is 14.8 Å². The summed E-state index contributed by atoms with van der Waals surface area (Å²) in [6, 6.07) is 15.3. The van der Waals surface area contributed by atoms with Crippen LogP contribution in [0.3, 0.4) is 0 Å². The first kappa shape index (κ1) is 20.1. The van der Waals surface area contributed by atoms with Crippen LogP contribution in [0.25, 0.3) is 0 Å². The molecule has 1 fully saturated rings. The molecule has 0 bridgehead atoms. The number of nitrogens with zero attached hydrogens (tertiary/aromatic N) is 1. The number of carbonyl (C=O) groups excluding carboxylic acids is 1. The summed E-state index contributed by atoms with van der Waals surface area (Å²) in [6.07, 6.45) is 0.361. The standard InChI is InChI=1S/C22H27FN2O3/c1-27-19-10-6-9-18(20(19)28-2)16-25-13-11-22(23,12-14-25)21(26)24-15-17-7-4-3-5-8-17/h3-10H,11-16H2,1-2H3,(H,24,26). The van der Waals surface area contributed by atoms with Crippen molar-refractivity contribution < 1.29 is 18.7 Å². The maximum atomic E-state index is 15.2. The third-order valence-electron chi connectivity index (χ3n) is 5.23. The van der Waals surface area contributed by atoms with Crippen LogP contribution in [0.1, 0.15) is 24.0 Å². The van der Waals surface area contributed by atoms with Gasteiger partial charge in [-0.2, -0.15) is 0 Å². The highest BCUT2D eigenvalue weighted by molar-refractivity contribution is 5.85. The summed E-state index contributed by atoms with van der Waals surface area (Å²) in [5.41, 5.74) is 0.132. The maximum absolute atomic E-state index is 15.2. The van der Waals surface area contributed by atoms with Gasteiger partial charge in [-0.3, -0.25) is 9.69 Å². The molecule has 1 aliphatic rings. The summed E-state index contributed by atoms with van der Waals surface area (Å²) < 4.78 is 26.0. The molecule has 1 heterocycles. The minimum Gasteiger partial charge on any atom is -0.493 e. The summed E-state index contributed by atoms with van der Waals surface area (Å²) >= 11 is 0. The van der Waals surface area contributed by atoms with Crippen molar-refractivity contribution in [1.82, 2.24) is 10.2 Å². The van der Waals surface area contributed by atoms with Gasteiger partial charge in [0.05, 0.1) is 14.2 Å². The van der Waals surface area contributed by atoms with Gasteiger partial charge in [0.15, 0.2) is 17.2 Å². The molecule has 3 rings (SSSR count). The number of carbonyl (C=O) groups is 1. The number of para-hydroxylation sites is 1. The Bertz CT molecular complexity index is 790. The first-order chi connectivity index (χ1) is 13.6. The number of alkyl halides is 1. The fourth-order valence-corrected chi connectivity index (χ4v) is 3.55. The van der Waals surface area contributed by atoms with Crippen LogP contribution in [-0.2, 0) is 17.9 Å². The quantitative estimate of drug-likeness (QED) is 0.793. The van der Waals surface area contributed by atoms with Gasteiger partial charge in [0.2, 0.25) is 0 Å². The number of methoxy groups -OCH3 is 2. The van der Waals surface area contributed by atoms with Crippen molar-refractivity contribution in [2.75, 3.05) is 27.3 Å². The van der Waals surface area contributed by atoms with Gasteiger partial charge >= 0.3 is 0 Å². The second-order valence-corrected chi connectivity index (χ2v) is 7.06. The minimum atomic E-state index is -1.82. The molecule has 0 spiro atoms. The van der Waals surface area contributed by atoms with Crippen molar-refractivity contribution in [3.05, 3.63) is 59.7 Å². The van der Waals surface area contributed by atoms with E-state index in [1.807, 2.05) is 48.5 Å². The van der Waals surface area contributed by atoms with Crippen molar-refractivity contribution in [2.24, 2.45) is 0 Å². The van der Waals surface area contributed by atoms with Crippen LogP contribution >= 0.6 is 0 Å². The molecule has 1 aliphatic heterocycles. The molecule has 150 valence electrons. The number of halogens is 1. The van der Waals surface area contributed by atoms with Crippen LogP contribution in [0, 0.1) is 0 Å². The Morgan fingerprint density at radius 3 is 2.43 bits per heavy atom. The predicted molar refractivity (Wildman–Crippen MR) is 106 cm³/mol. The number of ether oxygens (including phenoxy) is 2. The second-order valence-electron chi connectivity index (χ2n) is 7.06. The number of amides is 1. The normalized spacial score (nSPS) is 16.4. The fraction of sp³-hybridized carbons (Fsp3) is 0.409. The second kappa shape index (κ2) is 9.06. The van der Waals surface area contributed by atoms with Gasteiger partial charge in [0.1, 0.15) is 0 Å². The lowest BCUT2D eigenvalue weighted by Crippen LogP contribution is -2.50. The fourth-order valence-electron chi connectivity index (χ4n) is 3.55. The number of piperidine rings is 1. The number of hydrogen-bond acceptors (Lipinski definition) is 4. The lowest BCUT2D eigenvalue weighted by Gasteiger charge is -2.35. The van der Waals surface area contributed by atoms with Gasteiger partial charge in [0.25, 0.3) is 5.91 Å². The molecule has 0 aliphatic carbocycles. The first-order valence-corrected chi connectivity index (χ1v) is 9.49. The van der Waals surface area contributed by atoms with Gasteiger partial charge in [-0.15, -0.1) is 0 Å². The Labute approximate surface area is 165 Å². The van der Waals surface area contributed by atoms with Crippen molar-refractivity contribution >= 4 is 5.91 Å². The molecular weight excluding hydrogens is 359 g/mol. The third kappa shape index (κ3) is 4.62. The Balaban J connectivity index is 1.55. The molecule has 28 heavy (non-hydrogen) atoms. The average Bonchev–Trinajstić information content (AvgIpc) is 2.74. The topological polar surface area (TPSA) is 50.8 Å².